The second kappa shape index (κ2) is 6.94. The minimum Gasteiger partial charge on any atom is -0.378 e. The molecule has 1 aliphatic heterocycles. The van der Waals surface area contributed by atoms with Crippen molar-refractivity contribution < 1.29 is 9.53 Å². The van der Waals surface area contributed by atoms with Crippen molar-refractivity contribution in [2.75, 3.05) is 36.5 Å². The van der Waals surface area contributed by atoms with Crippen molar-refractivity contribution in [3.63, 3.8) is 0 Å². The van der Waals surface area contributed by atoms with Gasteiger partial charge in [0.15, 0.2) is 0 Å². The largest absolute Gasteiger partial charge is 0.378 e. The number of hydrogen-bond donors (Lipinski definition) is 1. The van der Waals surface area contributed by atoms with Crippen molar-refractivity contribution >= 4 is 33.2 Å². The molecule has 1 amide bonds. The Morgan fingerprint density at radius 1 is 1.09 bits per heavy atom. The van der Waals surface area contributed by atoms with E-state index in [2.05, 4.69) is 32.2 Å². The van der Waals surface area contributed by atoms with Crippen LogP contribution in [-0.4, -0.2) is 32.2 Å². The van der Waals surface area contributed by atoms with Gasteiger partial charge in [-0.1, -0.05) is 22.0 Å². The van der Waals surface area contributed by atoms with Crippen LogP contribution in [0.5, 0.6) is 0 Å². The Bertz CT molecular complexity index is 652. The lowest BCUT2D eigenvalue weighted by Gasteiger charge is -2.29. The van der Waals surface area contributed by atoms with Crippen LogP contribution in [0, 0.1) is 0 Å². The number of morpholine rings is 1. The van der Waals surface area contributed by atoms with Gasteiger partial charge in [0.2, 0.25) is 0 Å². The van der Waals surface area contributed by atoms with Gasteiger partial charge >= 0.3 is 0 Å². The lowest BCUT2D eigenvalue weighted by Crippen LogP contribution is -2.36. The summed E-state index contributed by atoms with van der Waals surface area (Å²) >= 11 is 3.37. The molecule has 114 valence electrons. The van der Waals surface area contributed by atoms with Gasteiger partial charge in [-0.15, -0.1) is 0 Å². The summed E-state index contributed by atoms with van der Waals surface area (Å²) in [6.07, 6.45) is 0. The number of benzene rings is 2. The minimum atomic E-state index is -0.105. The lowest BCUT2D eigenvalue weighted by atomic mass is 10.2. The van der Waals surface area contributed by atoms with Gasteiger partial charge in [0.05, 0.1) is 13.2 Å². The van der Waals surface area contributed by atoms with E-state index in [9.17, 15) is 4.79 Å². The summed E-state index contributed by atoms with van der Waals surface area (Å²) in [5, 5.41) is 2.94. The fraction of sp³-hybridized carbons (Fsp3) is 0.235. The van der Waals surface area contributed by atoms with Crippen LogP contribution in [0.2, 0.25) is 0 Å². The molecule has 3 rings (SSSR count). The Balaban J connectivity index is 1.72. The van der Waals surface area contributed by atoms with Crippen molar-refractivity contribution in [1.82, 2.24) is 0 Å². The van der Waals surface area contributed by atoms with Gasteiger partial charge in [0.25, 0.3) is 5.91 Å². The first kappa shape index (κ1) is 15.1. The number of nitrogens with one attached hydrogen (secondary N) is 1. The summed E-state index contributed by atoms with van der Waals surface area (Å²) in [5.74, 6) is -0.105. The summed E-state index contributed by atoms with van der Waals surface area (Å²) in [4.78, 5) is 14.5. The number of carbonyl (C=O) groups is 1. The molecule has 0 aromatic heterocycles. The molecule has 1 heterocycles. The molecule has 0 unspecified atom stereocenters. The standard InChI is InChI=1S/C17H17BrN2O2/c18-14-6-4-13(5-7-14)17(21)19-15-2-1-3-16(12-15)20-8-10-22-11-9-20/h1-7,12H,8-11H2,(H,19,21). The fourth-order valence-electron chi connectivity index (χ4n) is 2.41. The highest BCUT2D eigenvalue weighted by atomic mass is 79.9. The van der Waals surface area contributed by atoms with Crippen LogP contribution in [0.3, 0.4) is 0 Å². The lowest BCUT2D eigenvalue weighted by molar-refractivity contribution is 0.102. The van der Waals surface area contributed by atoms with Gasteiger partial charge in [-0.3, -0.25) is 4.79 Å². The molecule has 0 aliphatic carbocycles. The number of halogens is 1. The number of ether oxygens (including phenoxy) is 1. The van der Waals surface area contributed by atoms with Crippen molar-refractivity contribution in [3.05, 3.63) is 58.6 Å². The van der Waals surface area contributed by atoms with E-state index in [1.54, 1.807) is 12.1 Å². The van der Waals surface area contributed by atoms with Crippen LogP contribution in [0.4, 0.5) is 11.4 Å². The zero-order valence-corrected chi connectivity index (χ0v) is 13.7. The molecule has 2 aromatic carbocycles. The molecule has 0 spiro atoms. The van der Waals surface area contributed by atoms with E-state index >= 15 is 0 Å². The maximum absolute atomic E-state index is 12.3. The number of amides is 1. The highest BCUT2D eigenvalue weighted by Gasteiger charge is 2.12. The Morgan fingerprint density at radius 2 is 1.82 bits per heavy atom. The molecule has 4 nitrogen and oxygen atoms in total. The molecular weight excluding hydrogens is 344 g/mol. The quantitative estimate of drug-likeness (QED) is 0.909. The van der Waals surface area contributed by atoms with Crippen molar-refractivity contribution in [3.8, 4) is 0 Å². The Morgan fingerprint density at radius 3 is 2.55 bits per heavy atom. The van der Waals surface area contributed by atoms with E-state index < -0.39 is 0 Å². The van der Waals surface area contributed by atoms with Crippen LogP contribution in [0.15, 0.2) is 53.0 Å². The highest BCUT2D eigenvalue weighted by molar-refractivity contribution is 9.10. The van der Waals surface area contributed by atoms with E-state index in [0.717, 1.165) is 42.2 Å². The molecule has 1 N–H and O–H groups in total. The summed E-state index contributed by atoms with van der Waals surface area (Å²) in [5.41, 5.74) is 2.55. The molecule has 5 heteroatoms. The molecule has 1 fully saturated rings. The molecule has 0 radical (unpaired) electrons. The second-order valence-corrected chi connectivity index (χ2v) is 6.03. The normalized spacial score (nSPS) is 14.7. The first-order valence-corrected chi connectivity index (χ1v) is 8.01. The van der Waals surface area contributed by atoms with Crippen LogP contribution >= 0.6 is 15.9 Å². The number of hydrogen-bond acceptors (Lipinski definition) is 3. The third kappa shape index (κ3) is 3.67. The first-order valence-electron chi connectivity index (χ1n) is 7.22. The Kier molecular flexibility index (Phi) is 4.75. The van der Waals surface area contributed by atoms with Gasteiger partial charge in [-0.25, -0.2) is 0 Å². The maximum Gasteiger partial charge on any atom is 0.255 e. The average molecular weight is 361 g/mol. The van der Waals surface area contributed by atoms with Crippen LogP contribution in [0.1, 0.15) is 10.4 Å². The number of nitrogens with zero attached hydrogens (tertiary/aromatic N) is 1. The second-order valence-electron chi connectivity index (χ2n) is 5.11. The molecule has 2 aromatic rings. The van der Waals surface area contributed by atoms with E-state index in [1.807, 2.05) is 30.3 Å². The van der Waals surface area contributed by atoms with Gasteiger partial charge in [-0.05, 0) is 42.5 Å². The van der Waals surface area contributed by atoms with E-state index in [1.165, 1.54) is 0 Å². The van der Waals surface area contributed by atoms with Crippen LogP contribution in [0.25, 0.3) is 0 Å². The fourth-order valence-corrected chi connectivity index (χ4v) is 2.67. The third-order valence-corrected chi connectivity index (χ3v) is 4.12. The maximum atomic E-state index is 12.3. The Hall–Kier alpha value is -1.85. The number of anilines is 2. The Labute approximate surface area is 138 Å². The first-order chi connectivity index (χ1) is 10.7. The molecular formula is C17H17BrN2O2. The van der Waals surface area contributed by atoms with Crippen LogP contribution < -0.4 is 10.2 Å². The summed E-state index contributed by atoms with van der Waals surface area (Å²) in [7, 11) is 0. The molecule has 22 heavy (non-hydrogen) atoms. The molecule has 1 saturated heterocycles. The number of carbonyl (C=O) groups excluding carboxylic acids is 1. The van der Waals surface area contributed by atoms with Gasteiger partial charge < -0.3 is 15.0 Å². The predicted molar refractivity (Wildman–Crippen MR) is 91.6 cm³/mol. The van der Waals surface area contributed by atoms with Crippen molar-refractivity contribution in [1.29, 1.82) is 0 Å². The summed E-state index contributed by atoms with van der Waals surface area (Å²) in [6.45, 7) is 3.25. The smallest absolute Gasteiger partial charge is 0.255 e. The molecule has 0 bridgehead atoms. The van der Waals surface area contributed by atoms with Gasteiger partial charge in [0.1, 0.15) is 0 Å². The van der Waals surface area contributed by atoms with Crippen LogP contribution in [-0.2, 0) is 4.74 Å². The topological polar surface area (TPSA) is 41.6 Å². The monoisotopic (exact) mass is 360 g/mol. The van der Waals surface area contributed by atoms with E-state index in [0.29, 0.717) is 5.56 Å². The van der Waals surface area contributed by atoms with Crippen molar-refractivity contribution in [2.45, 2.75) is 0 Å². The number of rotatable bonds is 3. The van der Waals surface area contributed by atoms with E-state index in [4.69, 9.17) is 4.74 Å². The summed E-state index contributed by atoms with van der Waals surface area (Å²) in [6, 6.07) is 15.2. The third-order valence-electron chi connectivity index (χ3n) is 3.59. The van der Waals surface area contributed by atoms with Crippen molar-refractivity contribution in [2.24, 2.45) is 0 Å². The minimum absolute atomic E-state index is 0.105. The molecule has 0 atom stereocenters. The van der Waals surface area contributed by atoms with Gasteiger partial charge in [0, 0.05) is 34.5 Å². The van der Waals surface area contributed by atoms with Gasteiger partial charge in [-0.2, -0.15) is 0 Å². The summed E-state index contributed by atoms with van der Waals surface area (Å²) < 4.78 is 6.33. The molecule has 0 saturated carbocycles. The highest BCUT2D eigenvalue weighted by Crippen LogP contribution is 2.21. The molecule has 1 aliphatic rings. The average Bonchev–Trinajstić information content (AvgIpc) is 2.56. The SMILES string of the molecule is O=C(Nc1cccc(N2CCOCC2)c1)c1ccc(Br)cc1. The zero-order valence-electron chi connectivity index (χ0n) is 12.1. The van der Waals surface area contributed by atoms with E-state index in [-0.39, 0.29) is 5.91 Å². The zero-order chi connectivity index (χ0) is 15.4. The predicted octanol–water partition coefficient (Wildman–Crippen LogP) is 3.54.